The van der Waals surface area contributed by atoms with Gasteiger partial charge in [-0.2, -0.15) is 0 Å². The summed E-state index contributed by atoms with van der Waals surface area (Å²) in [5, 5.41) is 3.44. The minimum absolute atomic E-state index is 0.136. The first-order valence-electron chi connectivity index (χ1n) is 6.01. The summed E-state index contributed by atoms with van der Waals surface area (Å²) in [7, 11) is 2.05. The highest BCUT2D eigenvalue weighted by atomic mass is 16.3. The van der Waals surface area contributed by atoms with E-state index in [1.54, 1.807) is 0 Å². The zero-order valence-corrected chi connectivity index (χ0v) is 11.4. The molecule has 0 aliphatic heterocycles. The van der Waals surface area contributed by atoms with Gasteiger partial charge in [0.1, 0.15) is 5.76 Å². The van der Waals surface area contributed by atoms with Crippen LogP contribution in [0.25, 0.3) is 0 Å². The molecule has 1 heterocycles. The van der Waals surface area contributed by atoms with Gasteiger partial charge in [0.15, 0.2) is 0 Å². The van der Waals surface area contributed by atoms with Gasteiger partial charge in [-0.1, -0.05) is 6.08 Å². The Bertz CT molecular complexity index is 349. The molecular weight excluding hydrogens is 212 g/mol. The van der Waals surface area contributed by atoms with Crippen LogP contribution in [0, 0.1) is 0 Å². The maximum Gasteiger partial charge on any atom is 0.118 e. The number of hydrogen-bond acceptors (Lipinski definition) is 3. The van der Waals surface area contributed by atoms with E-state index in [1.165, 1.54) is 5.56 Å². The Morgan fingerprint density at radius 1 is 1.47 bits per heavy atom. The van der Waals surface area contributed by atoms with Crippen molar-refractivity contribution in [2.45, 2.75) is 39.4 Å². The molecule has 0 saturated carbocycles. The van der Waals surface area contributed by atoms with Gasteiger partial charge < -0.3 is 9.73 Å². The van der Waals surface area contributed by atoms with Crippen molar-refractivity contribution in [3.05, 3.63) is 36.3 Å². The van der Waals surface area contributed by atoms with E-state index in [4.69, 9.17) is 4.42 Å². The lowest BCUT2D eigenvalue weighted by atomic mass is 10.1. The summed E-state index contributed by atoms with van der Waals surface area (Å²) in [6.07, 6.45) is 3.72. The lowest BCUT2D eigenvalue weighted by molar-refractivity contribution is 0.322. The van der Waals surface area contributed by atoms with Gasteiger partial charge in [-0.05, 0) is 33.9 Å². The number of nitrogens with one attached hydrogen (secondary N) is 1. The fraction of sp³-hybridized carbons (Fsp3) is 0.571. The van der Waals surface area contributed by atoms with Crippen LogP contribution in [0.3, 0.4) is 0 Å². The summed E-state index contributed by atoms with van der Waals surface area (Å²) >= 11 is 0. The fourth-order valence-electron chi connectivity index (χ4n) is 1.52. The highest BCUT2D eigenvalue weighted by molar-refractivity contribution is 5.13. The van der Waals surface area contributed by atoms with E-state index in [2.05, 4.69) is 50.7 Å². The van der Waals surface area contributed by atoms with Crippen LogP contribution in [0.2, 0.25) is 0 Å². The highest BCUT2D eigenvalue weighted by Gasteiger charge is 2.10. The van der Waals surface area contributed by atoms with Crippen LogP contribution in [-0.4, -0.2) is 24.0 Å². The number of likely N-dealkylation sites (N-methyl/N-ethyl adjacent to an activating group) is 1. The molecule has 0 aromatic carbocycles. The van der Waals surface area contributed by atoms with Gasteiger partial charge in [0.05, 0.1) is 12.8 Å². The average molecular weight is 236 g/mol. The molecule has 0 aliphatic rings. The summed E-state index contributed by atoms with van der Waals surface area (Å²) in [4.78, 5) is 2.16. The van der Waals surface area contributed by atoms with Crippen molar-refractivity contribution < 1.29 is 4.42 Å². The lowest BCUT2D eigenvalue weighted by Crippen LogP contribution is -2.34. The summed E-state index contributed by atoms with van der Waals surface area (Å²) in [6, 6.07) is 2.11. The minimum atomic E-state index is 0.136. The van der Waals surface area contributed by atoms with Crippen LogP contribution in [-0.2, 0) is 13.1 Å². The molecule has 0 spiro atoms. The van der Waals surface area contributed by atoms with Crippen LogP contribution in [0.5, 0.6) is 0 Å². The second kappa shape index (κ2) is 6.03. The van der Waals surface area contributed by atoms with Gasteiger partial charge in [0.25, 0.3) is 0 Å². The average Bonchev–Trinajstić information content (AvgIpc) is 2.62. The summed E-state index contributed by atoms with van der Waals surface area (Å²) in [6.45, 7) is 12.7. The maximum atomic E-state index is 5.53. The van der Waals surface area contributed by atoms with Gasteiger partial charge in [0.2, 0.25) is 0 Å². The van der Waals surface area contributed by atoms with Crippen molar-refractivity contribution in [3.8, 4) is 0 Å². The first-order chi connectivity index (χ1) is 7.90. The number of hydrogen-bond donors (Lipinski definition) is 1. The Balaban J connectivity index is 2.45. The highest BCUT2D eigenvalue weighted by Crippen LogP contribution is 2.11. The molecule has 1 rings (SSSR count). The van der Waals surface area contributed by atoms with E-state index >= 15 is 0 Å². The van der Waals surface area contributed by atoms with E-state index in [9.17, 15) is 0 Å². The molecule has 1 aromatic heterocycles. The van der Waals surface area contributed by atoms with Crippen LogP contribution >= 0.6 is 0 Å². The molecule has 0 unspecified atom stereocenters. The Labute approximate surface area is 104 Å². The number of nitrogens with zero attached hydrogens (tertiary/aromatic N) is 1. The van der Waals surface area contributed by atoms with E-state index < -0.39 is 0 Å². The van der Waals surface area contributed by atoms with E-state index in [0.29, 0.717) is 0 Å². The standard InChI is InChI=1S/C14H24N2O/c1-6-7-16(5)10-13-8-12(11-17-13)9-15-14(2,3)4/h6,8,11,15H,1,7,9-10H2,2-5H3. The predicted molar refractivity (Wildman–Crippen MR) is 71.8 cm³/mol. The molecule has 96 valence electrons. The topological polar surface area (TPSA) is 28.4 Å². The molecule has 0 radical (unpaired) electrons. The summed E-state index contributed by atoms with van der Waals surface area (Å²) < 4.78 is 5.53. The third-order valence-corrected chi connectivity index (χ3v) is 2.40. The molecule has 0 saturated heterocycles. The molecule has 1 N–H and O–H groups in total. The SMILES string of the molecule is C=CCN(C)Cc1cc(CNC(C)(C)C)co1. The molecule has 0 aliphatic carbocycles. The maximum absolute atomic E-state index is 5.53. The smallest absolute Gasteiger partial charge is 0.118 e. The van der Waals surface area contributed by atoms with Gasteiger partial charge in [-0.25, -0.2) is 0 Å². The Kier molecular flexibility index (Phi) is 4.97. The number of rotatable bonds is 6. The molecule has 1 aromatic rings. The third-order valence-electron chi connectivity index (χ3n) is 2.40. The van der Waals surface area contributed by atoms with E-state index in [0.717, 1.165) is 25.4 Å². The van der Waals surface area contributed by atoms with Crippen molar-refractivity contribution in [1.82, 2.24) is 10.2 Å². The van der Waals surface area contributed by atoms with Crippen LogP contribution in [0.4, 0.5) is 0 Å². The molecule has 3 nitrogen and oxygen atoms in total. The molecular formula is C14H24N2O. The van der Waals surface area contributed by atoms with Crippen molar-refractivity contribution in [1.29, 1.82) is 0 Å². The second-order valence-electron chi connectivity index (χ2n) is 5.51. The lowest BCUT2D eigenvalue weighted by Gasteiger charge is -2.19. The summed E-state index contributed by atoms with van der Waals surface area (Å²) in [5.41, 5.74) is 1.33. The molecule has 0 atom stereocenters. The van der Waals surface area contributed by atoms with Crippen LogP contribution < -0.4 is 5.32 Å². The molecule has 3 heteroatoms. The van der Waals surface area contributed by atoms with E-state index in [1.807, 2.05) is 12.3 Å². The Hall–Kier alpha value is -1.06. The quantitative estimate of drug-likeness (QED) is 0.770. The zero-order chi connectivity index (χ0) is 12.9. The second-order valence-corrected chi connectivity index (χ2v) is 5.51. The van der Waals surface area contributed by atoms with Gasteiger partial charge in [-0.3, -0.25) is 4.90 Å². The molecule has 0 fully saturated rings. The van der Waals surface area contributed by atoms with Gasteiger partial charge in [0, 0.05) is 24.2 Å². The van der Waals surface area contributed by atoms with Gasteiger partial charge in [-0.15, -0.1) is 6.58 Å². The minimum Gasteiger partial charge on any atom is -0.468 e. The van der Waals surface area contributed by atoms with E-state index in [-0.39, 0.29) is 5.54 Å². The largest absolute Gasteiger partial charge is 0.468 e. The van der Waals surface area contributed by atoms with Crippen molar-refractivity contribution in [3.63, 3.8) is 0 Å². The van der Waals surface area contributed by atoms with Crippen molar-refractivity contribution in [2.24, 2.45) is 0 Å². The Morgan fingerprint density at radius 3 is 2.76 bits per heavy atom. The third kappa shape index (κ3) is 5.71. The zero-order valence-electron chi connectivity index (χ0n) is 11.4. The van der Waals surface area contributed by atoms with Crippen molar-refractivity contribution in [2.75, 3.05) is 13.6 Å². The van der Waals surface area contributed by atoms with Crippen molar-refractivity contribution >= 4 is 0 Å². The van der Waals surface area contributed by atoms with Crippen LogP contribution in [0.15, 0.2) is 29.4 Å². The number of furan rings is 1. The normalized spacial score (nSPS) is 12.1. The molecule has 0 bridgehead atoms. The monoisotopic (exact) mass is 236 g/mol. The molecule has 17 heavy (non-hydrogen) atoms. The van der Waals surface area contributed by atoms with Crippen LogP contribution in [0.1, 0.15) is 32.1 Å². The predicted octanol–water partition coefficient (Wildman–Crippen LogP) is 2.79. The first kappa shape index (κ1) is 14.0. The summed E-state index contributed by atoms with van der Waals surface area (Å²) in [5.74, 6) is 1.00. The first-order valence-corrected chi connectivity index (χ1v) is 6.01. The Morgan fingerprint density at radius 2 is 2.18 bits per heavy atom. The molecule has 0 amide bonds. The van der Waals surface area contributed by atoms with Gasteiger partial charge >= 0.3 is 0 Å². The fourth-order valence-corrected chi connectivity index (χ4v) is 1.52.